The first-order chi connectivity index (χ1) is 8.24. The Hall–Kier alpha value is -0.570. The molecule has 0 saturated carbocycles. The highest BCUT2D eigenvalue weighted by molar-refractivity contribution is 5.79. The Kier molecular flexibility index (Phi) is 6.56. The van der Waals surface area contributed by atoms with Gasteiger partial charge in [0.15, 0.2) is 0 Å². The maximum atomic E-state index is 12.5. The molecule has 1 amide bonds. The number of amides is 1. The predicted octanol–water partition coefficient (Wildman–Crippen LogP) is 2.54. The van der Waals surface area contributed by atoms with Crippen molar-refractivity contribution in [2.75, 3.05) is 13.1 Å². The van der Waals surface area contributed by atoms with Gasteiger partial charge in [0.05, 0.1) is 0 Å². The molecule has 2 atom stereocenters. The Morgan fingerprint density at radius 3 is 2.76 bits per heavy atom. The summed E-state index contributed by atoms with van der Waals surface area (Å²) in [5.41, 5.74) is 5.78. The van der Waals surface area contributed by atoms with Crippen LogP contribution in [-0.2, 0) is 4.79 Å². The molecule has 2 unspecified atom stereocenters. The lowest BCUT2D eigenvalue weighted by Crippen LogP contribution is -2.49. The summed E-state index contributed by atoms with van der Waals surface area (Å²) in [4.78, 5) is 14.5. The summed E-state index contributed by atoms with van der Waals surface area (Å²) in [7, 11) is 0. The molecule has 0 aromatic carbocycles. The number of hydrogen-bond donors (Lipinski definition) is 1. The number of nitrogens with two attached hydrogens (primary N) is 1. The number of carbonyl (C=O) groups excluding carboxylic acids is 1. The van der Waals surface area contributed by atoms with E-state index in [9.17, 15) is 4.79 Å². The molecule has 2 N–H and O–H groups in total. The SMILES string of the molecule is CCCCC(CC)C(=O)N1CCCCC1CN. The van der Waals surface area contributed by atoms with E-state index in [0.717, 1.165) is 38.6 Å². The van der Waals surface area contributed by atoms with E-state index >= 15 is 0 Å². The van der Waals surface area contributed by atoms with E-state index in [0.29, 0.717) is 18.5 Å². The Bertz CT molecular complexity index is 230. The van der Waals surface area contributed by atoms with Gasteiger partial charge in [0.1, 0.15) is 0 Å². The van der Waals surface area contributed by atoms with Crippen molar-refractivity contribution in [1.29, 1.82) is 0 Å². The van der Waals surface area contributed by atoms with E-state index in [-0.39, 0.29) is 5.92 Å². The average molecular weight is 240 g/mol. The second kappa shape index (κ2) is 7.70. The van der Waals surface area contributed by atoms with Crippen LogP contribution in [0.25, 0.3) is 0 Å². The molecule has 3 nitrogen and oxygen atoms in total. The molecule has 1 saturated heterocycles. The fraction of sp³-hybridized carbons (Fsp3) is 0.929. The first kappa shape index (κ1) is 14.5. The predicted molar refractivity (Wildman–Crippen MR) is 71.7 cm³/mol. The molecular weight excluding hydrogens is 212 g/mol. The van der Waals surface area contributed by atoms with Gasteiger partial charge in [0, 0.05) is 25.0 Å². The average Bonchev–Trinajstić information content (AvgIpc) is 2.39. The summed E-state index contributed by atoms with van der Waals surface area (Å²) in [6, 6.07) is 0.298. The minimum Gasteiger partial charge on any atom is -0.338 e. The van der Waals surface area contributed by atoms with Crippen LogP contribution in [0.4, 0.5) is 0 Å². The van der Waals surface area contributed by atoms with Crippen LogP contribution >= 0.6 is 0 Å². The van der Waals surface area contributed by atoms with E-state index in [2.05, 4.69) is 18.7 Å². The molecule has 100 valence electrons. The number of rotatable bonds is 6. The lowest BCUT2D eigenvalue weighted by Gasteiger charge is -2.37. The van der Waals surface area contributed by atoms with Crippen LogP contribution < -0.4 is 5.73 Å². The Balaban J connectivity index is 2.57. The zero-order chi connectivity index (χ0) is 12.7. The number of unbranched alkanes of at least 4 members (excludes halogenated alkanes) is 1. The van der Waals surface area contributed by atoms with Gasteiger partial charge in [-0.15, -0.1) is 0 Å². The molecule has 1 heterocycles. The third kappa shape index (κ3) is 3.98. The topological polar surface area (TPSA) is 46.3 Å². The van der Waals surface area contributed by atoms with Crippen LogP contribution in [0.3, 0.4) is 0 Å². The zero-order valence-electron chi connectivity index (χ0n) is 11.5. The molecule has 3 heteroatoms. The molecule has 17 heavy (non-hydrogen) atoms. The van der Waals surface area contributed by atoms with Gasteiger partial charge in [-0.3, -0.25) is 4.79 Å². The van der Waals surface area contributed by atoms with E-state index < -0.39 is 0 Å². The standard InChI is InChI=1S/C14H28N2O/c1-3-5-8-12(4-2)14(17)16-10-7-6-9-13(16)11-15/h12-13H,3-11,15H2,1-2H3. The van der Waals surface area contributed by atoms with E-state index in [1.165, 1.54) is 12.8 Å². The molecule has 0 spiro atoms. The molecule has 0 aliphatic carbocycles. The van der Waals surface area contributed by atoms with Gasteiger partial charge >= 0.3 is 0 Å². The van der Waals surface area contributed by atoms with E-state index in [1.54, 1.807) is 0 Å². The fourth-order valence-electron chi connectivity index (χ4n) is 2.72. The fourth-order valence-corrected chi connectivity index (χ4v) is 2.72. The van der Waals surface area contributed by atoms with E-state index in [4.69, 9.17) is 5.73 Å². The van der Waals surface area contributed by atoms with Crippen LogP contribution in [-0.4, -0.2) is 29.9 Å². The lowest BCUT2D eigenvalue weighted by molar-refractivity contribution is -0.139. The molecule has 1 fully saturated rings. The van der Waals surface area contributed by atoms with Gasteiger partial charge in [-0.1, -0.05) is 26.7 Å². The highest BCUT2D eigenvalue weighted by atomic mass is 16.2. The smallest absolute Gasteiger partial charge is 0.225 e. The Morgan fingerprint density at radius 1 is 1.41 bits per heavy atom. The number of nitrogens with zero attached hydrogens (tertiary/aromatic N) is 1. The second-order valence-corrected chi connectivity index (χ2v) is 5.16. The first-order valence-electron chi connectivity index (χ1n) is 7.25. The van der Waals surface area contributed by atoms with Crippen molar-refractivity contribution in [1.82, 2.24) is 4.90 Å². The molecule has 1 aliphatic rings. The van der Waals surface area contributed by atoms with Crippen molar-refractivity contribution in [3.63, 3.8) is 0 Å². The monoisotopic (exact) mass is 240 g/mol. The summed E-state index contributed by atoms with van der Waals surface area (Å²) in [6.07, 6.45) is 7.79. The Labute approximate surface area is 106 Å². The molecule has 0 aromatic rings. The van der Waals surface area contributed by atoms with Crippen molar-refractivity contribution < 1.29 is 4.79 Å². The van der Waals surface area contributed by atoms with Gasteiger partial charge in [-0.25, -0.2) is 0 Å². The molecule has 0 bridgehead atoms. The minimum atomic E-state index is 0.224. The lowest BCUT2D eigenvalue weighted by atomic mass is 9.94. The summed E-state index contributed by atoms with van der Waals surface area (Å²) < 4.78 is 0. The van der Waals surface area contributed by atoms with E-state index in [1.807, 2.05) is 0 Å². The summed E-state index contributed by atoms with van der Waals surface area (Å²) in [6.45, 7) is 5.85. The molecule has 0 radical (unpaired) electrons. The minimum absolute atomic E-state index is 0.224. The van der Waals surface area contributed by atoms with Gasteiger partial charge < -0.3 is 10.6 Å². The number of carbonyl (C=O) groups is 1. The van der Waals surface area contributed by atoms with Crippen molar-refractivity contribution in [3.05, 3.63) is 0 Å². The van der Waals surface area contributed by atoms with Crippen molar-refractivity contribution in [2.24, 2.45) is 11.7 Å². The molecule has 1 rings (SSSR count). The number of likely N-dealkylation sites (tertiary alicyclic amines) is 1. The van der Waals surface area contributed by atoms with Crippen LogP contribution in [0.5, 0.6) is 0 Å². The van der Waals surface area contributed by atoms with Gasteiger partial charge in [-0.05, 0) is 32.1 Å². The van der Waals surface area contributed by atoms with Crippen LogP contribution in [0.2, 0.25) is 0 Å². The van der Waals surface area contributed by atoms with Crippen molar-refractivity contribution in [2.45, 2.75) is 64.8 Å². The quantitative estimate of drug-likeness (QED) is 0.775. The zero-order valence-corrected chi connectivity index (χ0v) is 11.5. The van der Waals surface area contributed by atoms with Crippen molar-refractivity contribution >= 4 is 5.91 Å². The largest absolute Gasteiger partial charge is 0.338 e. The van der Waals surface area contributed by atoms with Crippen LogP contribution in [0.15, 0.2) is 0 Å². The first-order valence-corrected chi connectivity index (χ1v) is 7.25. The van der Waals surface area contributed by atoms with Gasteiger partial charge in [0.25, 0.3) is 0 Å². The van der Waals surface area contributed by atoms with Gasteiger partial charge in [-0.2, -0.15) is 0 Å². The number of piperidine rings is 1. The molecule has 1 aliphatic heterocycles. The van der Waals surface area contributed by atoms with Crippen molar-refractivity contribution in [3.8, 4) is 0 Å². The Morgan fingerprint density at radius 2 is 2.18 bits per heavy atom. The number of hydrogen-bond acceptors (Lipinski definition) is 2. The highest BCUT2D eigenvalue weighted by Crippen LogP contribution is 2.22. The van der Waals surface area contributed by atoms with Crippen LogP contribution in [0, 0.1) is 5.92 Å². The third-order valence-electron chi connectivity index (χ3n) is 3.93. The molecular formula is C14H28N2O. The molecule has 0 aromatic heterocycles. The van der Waals surface area contributed by atoms with Gasteiger partial charge in [0.2, 0.25) is 5.91 Å². The van der Waals surface area contributed by atoms with Crippen LogP contribution in [0.1, 0.15) is 58.8 Å². The summed E-state index contributed by atoms with van der Waals surface area (Å²) in [5, 5.41) is 0. The highest BCUT2D eigenvalue weighted by Gasteiger charge is 2.29. The maximum absolute atomic E-state index is 12.5. The normalized spacial score (nSPS) is 22.5. The third-order valence-corrected chi connectivity index (χ3v) is 3.93. The second-order valence-electron chi connectivity index (χ2n) is 5.16. The maximum Gasteiger partial charge on any atom is 0.225 e. The summed E-state index contributed by atoms with van der Waals surface area (Å²) >= 11 is 0. The summed E-state index contributed by atoms with van der Waals surface area (Å²) in [5.74, 6) is 0.582.